The van der Waals surface area contributed by atoms with Gasteiger partial charge < -0.3 is 14.6 Å². The van der Waals surface area contributed by atoms with Gasteiger partial charge in [-0.3, -0.25) is 4.79 Å². The van der Waals surface area contributed by atoms with Crippen molar-refractivity contribution in [2.24, 2.45) is 0 Å². The third kappa shape index (κ3) is 4.11. The van der Waals surface area contributed by atoms with Gasteiger partial charge >= 0.3 is 5.97 Å². The van der Waals surface area contributed by atoms with Gasteiger partial charge in [0.2, 0.25) is 5.78 Å². The highest BCUT2D eigenvalue weighted by Gasteiger charge is 2.29. The molecule has 2 atom stereocenters. The van der Waals surface area contributed by atoms with Crippen molar-refractivity contribution in [3.63, 3.8) is 0 Å². The lowest BCUT2D eigenvalue weighted by atomic mass is 10.0. The minimum Gasteiger partial charge on any atom is -0.465 e. The summed E-state index contributed by atoms with van der Waals surface area (Å²) in [7, 11) is 3.30. The Balaban J connectivity index is 2.21. The van der Waals surface area contributed by atoms with E-state index in [0.717, 1.165) is 10.5 Å². The van der Waals surface area contributed by atoms with E-state index in [4.69, 9.17) is 16.3 Å². The number of H-pyrrole nitrogens is 1. The van der Waals surface area contributed by atoms with E-state index in [9.17, 15) is 9.59 Å². The van der Waals surface area contributed by atoms with Gasteiger partial charge in [-0.2, -0.15) is 0 Å². The van der Waals surface area contributed by atoms with Crippen LogP contribution in [0.1, 0.15) is 44.6 Å². The van der Waals surface area contributed by atoms with Gasteiger partial charge in [-0.05, 0) is 38.5 Å². The second-order valence-corrected chi connectivity index (χ2v) is 6.79. The number of hydrogen-bond acceptors (Lipinski definition) is 3. The molecule has 5 nitrogen and oxygen atoms in total. The molecule has 1 unspecified atom stereocenters. The van der Waals surface area contributed by atoms with Crippen LogP contribution in [0.25, 0.3) is 0 Å². The lowest BCUT2D eigenvalue weighted by molar-refractivity contribution is -0.907. The largest absolute Gasteiger partial charge is 0.465 e. The van der Waals surface area contributed by atoms with Gasteiger partial charge in [-0.1, -0.05) is 23.7 Å². The average molecular weight is 364 g/mol. The first kappa shape index (κ1) is 19.2. The predicted molar refractivity (Wildman–Crippen MR) is 97.4 cm³/mol. The summed E-state index contributed by atoms with van der Waals surface area (Å²) in [4.78, 5) is 28.9. The second-order valence-electron chi connectivity index (χ2n) is 6.36. The maximum atomic E-state index is 12.9. The van der Waals surface area contributed by atoms with E-state index in [1.165, 1.54) is 7.11 Å². The number of likely N-dealkylation sites (N-methyl/N-ethyl adjacent to an activating group) is 1. The molecule has 0 fully saturated rings. The van der Waals surface area contributed by atoms with Crippen molar-refractivity contribution in [3.05, 3.63) is 57.4 Å². The number of benzene rings is 1. The fraction of sp³-hybridized carbons (Fsp3) is 0.368. The van der Waals surface area contributed by atoms with Crippen molar-refractivity contribution in [1.82, 2.24) is 4.98 Å². The maximum absolute atomic E-state index is 12.9. The number of aryl methyl sites for hydroxylation is 1. The fourth-order valence-electron chi connectivity index (χ4n) is 2.97. The van der Waals surface area contributed by atoms with Gasteiger partial charge in [-0.25, -0.2) is 4.79 Å². The topological polar surface area (TPSA) is 63.6 Å². The normalized spacial score (nSPS) is 13.4. The number of Topliss-reactive ketones (excluding diaryl/α,β-unsaturated/α-hetero) is 1. The van der Waals surface area contributed by atoms with Crippen LogP contribution in [-0.4, -0.2) is 36.9 Å². The molecule has 0 bridgehead atoms. The lowest BCUT2D eigenvalue weighted by Crippen LogP contribution is -3.12. The minimum atomic E-state index is -0.433. The van der Waals surface area contributed by atoms with Crippen molar-refractivity contribution in [1.29, 1.82) is 0 Å². The highest BCUT2D eigenvalue weighted by molar-refractivity contribution is 6.30. The van der Waals surface area contributed by atoms with E-state index in [0.29, 0.717) is 34.1 Å². The number of ether oxygens (including phenoxy) is 1. The summed E-state index contributed by atoms with van der Waals surface area (Å²) in [5, 5.41) is 0.683. The number of methoxy groups -OCH3 is 1. The van der Waals surface area contributed by atoms with Gasteiger partial charge in [0, 0.05) is 16.3 Å². The van der Waals surface area contributed by atoms with E-state index >= 15 is 0 Å². The predicted octanol–water partition coefficient (Wildman–Crippen LogP) is 2.36. The highest BCUT2D eigenvalue weighted by atomic mass is 35.5. The first-order valence-electron chi connectivity index (χ1n) is 8.14. The van der Waals surface area contributed by atoms with E-state index in [-0.39, 0.29) is 11.8 Å². The van der Waals surface area contributed by atoms with Crippen molar-refractivity contribution >= 4 is 23.4 Å². The number of carbonyl (C=O) groups is 2. The Hall–Kier alpha value is -2.11. The number of aromatic nitrogens is 1. The van der Waals surface area contributed by atoms with Gasteiger partial charge in [0.25, 0.3) is 0 Å². The number of nitrogens with one attached hydrogen (secondary N) is 2. The third-order valence-corrected chi connectivity index (χ3v) is 4.81. The molecular formula is C19H24ClN2O3+. The van der Waals surface area contributed by atoms with Crippen molar-refractivity contribution in [2.75, 3.05) is 14.2 Å². The van der Waals surface area contributed by atoms with Crippen LogP contribution in [0.15, 0.2) is 24.3 Å². The monoisotopic (exact) mass is 363 g/mol. The Labute approximate surface area is 152 Å². The Morgan fingerprint density at radius 3 is 2.60 bits per heavy atom. The smallest absolute Gasteiger partial charge is 0.339 e. The lowest BCUT2D eigenvalue weighted by Gasteiger charge is -2.20. The molecule has 0 aliphatic heterocycles. The van der Waals surface area contributed by atoms with Gasteiger partial charge in [0.15, 0.2) is 6.04 Å². The third-order valence-electron chi connectivity index (χ3n) is 4.58. The Kier molecular flexibility index (Phi) is 6.03. The van der Waals surface area contributed by atoms with Crippen LogP contribution in [0.4, 0.5) is 0 Å². The quantitative estimate of drug-likeness (QED) is 0.611. The number of esters is 1. The average Bonchev–Trinajstić information content (AvgIpc) is 2.87. The SMILES string of the molecule is COC(=O)c1c(C)[nH]c(C(=O)[C@@H](C)[NH+](C)Cc2cccc(Cl)c2)c1C. The van der Waals surface area contributed by atoms with Crippen LogP contribution < -0.4 is 4.90 Å². The summed E-state index contributed by atoms with van der Waals surface area (Å²) in [5.74, 6) is -0.465. The van der Waals surface area contributed by atoms with E-state index in [2.05, 4.69) is 4.98 Å². The van der Waals surface area contributed by atoms with Gasteiger partial charge in [-0.15, -0.1) is 0 Å². The zero-order valence-electron chi connectivity index (χ0n) is 15.2. The van der Waals surface area contributed by atoms with E-state index in [1.54, 1.807) is 13.8 Å². The van der Waals surface area contributed by atoms with E-state index < -0.39 is 5.97 Å². The van der Waals surface area contributed by atoms with Crippen LogP contribution in [-0.2, 0) is 11.3 Å². The summed E-state index contributed by atoms with van der Waals surface area (Å²) < 4.78 is 4.80. The molecule has 2 aromatic rings. The molecule has 1 aromatic heterocycles. The summed E-state index contributed by atoms with van der Waals surface area (Å²) >= 11 is 6.03. The fourth-order valence-corrected chi connectivity index (χ4v) is 3.18. The van der Waals surface area contributed by atoms with E-state index in [1.807, 2.05) is 38.2 Å². The molecule has 0 saturated carbocycles. The first-order chi connectivity index (χ1) is 11.8. The van der Waals surface area contributed by atoms with Crippen LogP contribution >= 0.6 is 11.6 Å². The molecule has 25 heavy (non-hydrogen) atoms. The van der Waals surface area contributed by atoms with Gasteiger partial charge in [0.05, 0.1) is 25.4 Å². The molecule has 1 aromatic carbocycles. The zero-order valence-corrected chi connectivity index (χ0v) is 16.0. The molecule has 6 heteroatoms. The maximum Gasteiger partial charge on any atom is 0.339 e. The Morgan fingerprint density at radius 2 is 2.00 bits per heavy atom. The molecular weight excluding hydrogens is 340 g/mol. The van der Waals surface area contributed by atoms with Crippen molar-refractivity contribution < 1.29 is 19.2 Å². The number of quaternary nitrogens is 1. The molecule has 134 valence electrons. The molecule has 0 aliphatic rings. The summed E-state index contributed by atoms with van der Waals surface area (Å²) in [5.41, 5.74) is 3.25. The molecule has 0 amide bonds. The molecule has 0 radical (unpaired) electrons. The first-order valence-corrected chi connectivity index (χ1v) is 8.52. The molecule has 2 rings (SSSR count). The Morgan fingerprint density at radius 1 is 1.32 bits per heavy atom. The van der Waals surface area contributed by atoms with Crippen LogP contribution in [0, 0.1) is 13.8 Å². The van der Waals surface area contributed by atoms with Crippen LogP contribution in [0.5, 0.6) is 0 Å². The highest BCUT2D eigenvalue weighted by Crippen LogP contribution is 2.20. The number of carbonyl (C=O) groups excluding carboxylic acids is 2. The number of ketones is 1. The standard InChI is InChI=1S/C19H23ClN2O3/c1-11-16(19(24)25-5)12(2)21-17(11)18(23)13(3)22(4)10-14-7-6-8-15(20)9-14/h6-9,13,21H,10H2,1-5H3/p+1/t13-/m1/s1. The molecule has 0 aliphatic carbocycles. The number of halogens is 1. The summed E-state index contributed by atoms with van der Waals surface area (Å²) in [6.45, 7) is 6.09. The molecule has 2 N–H and O–H groups in total. The van der Waals surface area contributed by atoms with Crippen molar-refractivity contribution in [2.45, 2.75) is 33.4 Å². The molecule has 0 spiro atoms. The number of rotatable bonds is 6. The minimum absolute atomic E-state index is 0.0321. The zero-order chi connectivity index (χ0) is 18.7. The molecule has 1 heterocycles. The Bertz CT molecular complexity index is 798. The van der Waals surface area contributed by atoms with Crippen LogP contribution in [0.2, 0.25) is 5.02 Å². The number of aromatic amines is 1. The molecule has 0 saturated heterocycles. The summed E-state index contributed by atoms with van der Waals surface area (Å²) in [6, 6.07) is 7.35. The second kappa shape index (κ2) is 7.85. The van der Waals surface area contributed by atoms with Crippen LogP contribution in [0.3, 0.4) is 0 Å². The summed E-state index contributed by atoms with van der Waals surface area (Å²) in [6.07, 6.45) is 0. The van der Waals surface area contributed by atoms with Gasteiger partial charge in [0.1, 0.15) is 6.54 Å². The van der Waals surface area contributed by atoms with Crippen molar-refractivity contribution in [3.8, 4) is 0 Å². The number of hydrogen-bond donors (Lipinski definition) is 2.